The van der Waals surface area contributed by atoms with Crippen LogP contribution in [0.5, 0.6) is 0 Å². The van der Waals surface area contributed by atoms with E-state index in [0.717, 1.165) is 53.8 Å². The van der Waals surface area contributed by atoms with Crippen molar-refractivity contribution in [2.24, 2.45) is 0 Å². The van der Waals surface area contributed by atoms with Crippen LogP contribution in [0.25, 0.3) is 5.69 Å². The van der Waals surface area contributed by atoms with E-state index in [1.165, 1.54) is 0 Å². The second-order valence-corrected chi connectivity index (χ2v) is 7.66. The first-order valence-corrected chi connectivity index (χ1v) is 9.99. The molecule has 0 spiro atoms. The summed E-state index contributed by atoms with van der Waals surface area (Å²) in [7, 11) is 1.94. The van der Waals surface area contributed by atoms with E-state index in [9.17, 15) is 4.79 Å². The maximum atomic E-state index is 12.9. The highest BCUT2D eigenvalue weighted by Crippen LogP contribution is 2.23. The molecule has 152 valence electrons. The van der Waals surface area contributed by atoms with Crippen LogP contribution in [-0.4, -0.2) is 48.4 Å². The van der Waals surface area contributed by atoms with Gasteiger partial charge in [-0.25, -0.2) is 4.68 Å². The molecule has 3 heterocycles. The summed E-state index contributed by atoms with van der Waals surface area (Å²) in [6.07, 6.45) is 2.10. The molecule has 1 aliphatic heterocycles. The Kier molecular flexibility index (Phi) is 5.19. The van der Waals surface area contributed by atoms with Crippen molar-refractivity contribution >= 4 is 11.6 Å². The van der Waals surface area contributed by atoms with E-state index in [-0.39, 0.29) is 11.9 Å². The highest BCUT2D eigenvalue weighted by molar-refractivity contribution is 5.95. The summed E-state index contributed by atoms with van der Waals surface area (Å²) in [4.78, 5) is 14.9. The molecule has 0 saturated heterocycles. The molecule has 1 N–H and O–H groups in total. The lowest BCUT2D eigenvalue weighted by Gasteiger charge is -2.23. The number of rotatable bonds is 6. The molecule has 8 nitrogen and oxygen atoms in total. The molecule has 29 heavy (non-hydrogen) atoms. The lowest BCUT2D eigenvalue weighted by Crippen LogP contribution is -2.39. The third kappa shape index (κ3) is 3.67. The SMILES string of the molecule is Cc1nn(-c2ccccc2)c(C)c1NC(=O)[C@@H](C)N(C)Cc1nnc2n1CCC2. The summed E-state index contributed by atoms with van der Waals surface area (Å²) in [5, 5.41) is 16.2. The zero-order valence-electron chi connectivity index (χ0n) is 17.4. The van der Waals surface area contributed by atoms with Gasteiger partial charge in [-0.1, -0.05) is 18.2 Å². The summed E-state index contributed by atoms with van der Waals surface area (Å²) >= 11 is 0. The number of nitrogens with zero attached hydrogens (tertiary/aromatic N) is 6. The Balaban J connectivity index is 1.46. The molecule has 0 radical (unpaired) electrons. The molecular weight excluding hydrogens is 366 g/mol. The quantitative estimate of drug-likeness (QED) is 0.696. The van der Waals surface area contributed by atoms with E-state index in [1.807, 2.05) is 67.7 Å². The first-order valence-electron chi connectivity index (χ1n) is 9.99. The predicted octanol–water partition coefficient (Wildman–Crippen LogP) is 2.49. The number of anilines is 1. The van der Waals surface area contributed by atoms with E-state index in [2.05, 4.69) is 25.2 Å². The highest BCUT2D eigenvalue weighted by Gasteiger charge is 2.24. The molecule has 0 saturated carbocycles. The van der Waals surface area contributed by atoms with Crippen molar-refractivity contribution in [3.05, 3.63) is 53.4 Å². The number of carbonyl (C=O) groups is 1. The van der Waals surface area contributed by atoms with Gasteiger partial charge < -0.3 is 9.88 Å². The second kappa shape index (κ2) is 7.79. The van der Waals surface area contributed by atoms with Gasteiger partial charge >= 0.3 is 0 Å². The van der Waals surface area contributed by atoms with Crippen LogP contribution < -0.4 is 5.32 Å². The molecule has 0 aliphatic carbocycles. The molecule has 0 unspecified atom stereocenters. The monoisotopic (exact) mass is 393 g/mol. The number of hydrogen-bond donors (Lipinski definition) is 1. The van der Waals surface area contributed by atoms with Gasteiger partial charge in [0.05, 0.1) is 35.3 Å². The van der Waals surface area contributed by atoms with Crippen LogP contribution in [-0.2, 0) is 24.3 Å². The Morgan fingerprint density at radius 3 is 2.76 bits per heavy atom. The van der Waals surface area contributed by atoms with Crippen LogP contribution in [0.2, 0.25) is 0 Å². The fraction of sp³-hybridized carbons (Fsp3) is 0.429. The summed E-state index contributed by atoms with van der Waals surface area (Å²) in [6.45, 7) is 7.33. The van der Waals surface area contributed by atoms with Crippen LogP contribution in [0.15, 0.2) is 30.3 Å². The van der Waals surface area contributed by atoms with Gasteiger partial charge in [0.1, 0.15) is 11.6 Å². The fourth-order valence-electron chi connectivity index (χ4n) is 3.76. The lowest BCUT2D eigenvalue weighted by molar-refractivity contribution is -0.120. The highest BCUT2D eigenvalue weighted by atomic mass is 16.2. The van der Waals surface area contributed by atoms with E-state index < -0.39 is 0 Å². The first kappa shape index (κ1) is 19.3. The topological polar surface area (TPSA) is 80.9 Å². The van der Waals surface area contributed by atoms with Crippen molar-refractivity contribution in [3.63, 3.8) is 0 Å². The van der Waals surface area contributed by atoms with Crippen molar-refractivity contribution in [1.82, 2.24) is 29.4 Å². The maximum Gasteiger partial charge on any atom is 0.241 e. The Morgan fingerprint density at radius 1 is 1.24 bits per heavy atom. The van der Waals surface area contributed by atoms with Gasteiger partial charge in [0.2, 0.25) is 5.91 Å². The average molecular weight is 393 g/mol. The maximum absolute atomic E-state index is 12.9. The summed E-state index contributed by atoms with van der Waals surface area (Å²) in [6, 6.07) is 9.60. The van der Waals surface area contributed by atoms with E-state index >= 15 is 0 Å². The van der Waals surface area contributed by atoms with Gasteiger partial charge in [-0.05, 0) is 46.4 Å². The first-order chi connectivity index (χ1) is 14.0. The Hall–Kier alpha value is -3.00. The number of fused-ring (bicyclic) bond motifs is 1. The van der Waals surface area contributed by atoms with Crippen LogP contribution in [0.3, 0.4) is 0 Å². The van der Waals surface area contributed by atoms with Crippen LogP contribution in [0.1, 0.15) is 36.4 Å². The van der Waals surface area contributed by atoms with Crippen LogP contribution in [0.4, 0.5) is 5.69 Å². The van der Waals surface area contributed by atoms with Gasteiger partial charge in [0.15, 0.2) is 0 Å². The number of aromatic nitrogens is 5. The van der Waals surface area contributed by atoms with Gasteiger partial charge in [0, 0.05) is 13.0 Å². The third-order valence-electron chi connectivity index (χ3n) is 5.66. The van der Waals surface area contributed by atoms with Crippen molar-refractivity contribution in [2.45, 2.75) is 52.7 Å². The van der Waals surface area contributed by atoms with Gasteiger partial charge in [-0.15, -0.1) is 10.2 Å². The molecule has 8 heteroatoms. The third-order valence-corrected chi connectivity index (χ3v) is 5.66. The number of aryl methyl sites for hydroxylation is 2. The molecule has 1 aromatic carbocycles. The summed E-state index contributed by atoms with van der Waals surface area (Å²) in [5.41, 5.74) is 3.44. The number of nitrogens with one attached hydrogen (secondary N) is 1. The molecular formula is C21H27N7O. The molecule has 1 aliphatic rings. The molecule has 0 bridgehead atoms. The fourth-order valence-corrected chi connectivity index (χ4v) is 3.76. The summed E-state index contributed by atoms with van der Waals surface area (Å²) < 4.78 is 4.03. The Morgan fingerprint density at radius 2 is 2.00 bits per heavy atom. The number of para-hydroxylation sites is 1. The van der Waals surface area contributed by atoms with Crippen LogP contribution in [0, 0.1) is 13.8 Å². The average Bonchev–Trinajstić information content (AvgIpc) is 3.40. The Labute approximate surface area is 170 Å². The molecule has 3 aromatic rings. The zero-order chi connectivity index (χ0) is 20.5. The normalized spacial score (nSPS) is 14.2. The number of carbonyl (C=O) groups excluding carboxylic acids is 1. The van der Waals surface area contributed by atoms with Crippen molar-refractivity contribution in [1.29, 1.82) is 0 Å². The van der Waals surface area contributed by atoms with Gasteiger partial charge in [-0.2, -0.15) is 5.10 Å². The number of amides is 1. The lowest BCUT2D eigenvalue weighted by atomic mass is 10.2. The molecule has 2 aromatic heterocycles. The van der Waals surface area contributed by atoms with Crippen molar-refractivity contribution in [3.8, 4) is 5.69 Å². The van der Waals surface area contributed by atoms with Gasteiger partial charge in [0.25, 0.3) is 0 Å². The number of likely N-dealkylation sites (N-methyl/N-ethyl adjacent to an activating group) is 1. The number of benzene rings is 1. The minimum atomic E-state index is -0.316. The minimum Gasteiger partial charge on any atom is -0.322 e. The number of hydrogen-bond acceptors (Lipinski definition) is 5. The zero-order valence-corrected chi connectivity index (χ0v) is 17.4. The molecule has 1 amide bonds. The van der Waals surface area contributed by atoms with Gasteiger partial charge in [-0.3, -0.25) is 9.69 Å². The second-order valence-electron chi connectivity index (χ2n) is 7.66. The van der Waals surface area contributed by atoms with E-state index in [1.54, 1.807) is 0 Å². The molecule has 0 fully saturated rings. The molecule has 4 rings (SSSR count). The Bertz CT molecular complexity index is 1020. The predicted molar refractivity (Wildman–Crippen MR) is 111 cm³/mol. The van der Waals surface area contributed by atoms with E-state index in [0.29, 0.717) is 6.54 Å². The summed E-state index contributed by atoms with van der Waals surface area (Å²) in [5.74, 6) is 1.90. The largest absolute Gasteiger partial charge is 0.322 e. The minimum absolute atomic E-state index is 0.0625. The molecule has 1 atom stereocenters. The standard InChI is InChI=1S/C21H27N7O/c1-14-20(15(2)28(25-14)17-9-6-5-7-10-17)22-21(29)16(3)26(4)13-19-24-23-18-11-8-12-27(18)19/h5-7,9-10,16H,8,11-13H2,1-4H3,(H,22,29)/t16-/m1/s1. The van der Waals surface area contributed by atoms with Crippen molar-refractivity contribution < 1.29 is 4.79 Å². The van der Waals surface area contributed by atoms with Crippen LogP contribution >= 0.6 is 0 Å². The van der Waals surface area contributed by atoms with Crippen molar-refractivity contribution in [2.75, 3.05) is 12.4 Å². The smallest absolute Gasteiger partial charge is 0.241 e. The van der Waals surface area contributed by atoms with E-state index in [4.69, 9.17) is 0 Å².